The maximum Gasteiger partial charge on any atom is 0.249 e. The third-order valence-electron chi connectivity index (χ3n) is 7.69. The number of anilines is 2. The molecule has 2 amide bonds. The summed E-state index contributed by atoms with van der Waals surface area (Å²) in [5, 5.41) is 11.6. The number of para-hydroxylation sites is 1. The number of amides is 2. The molecule has 1 saturated heterocycles. The zero-order chi connectivity index (χ0) is 29.6. The van der Waals surface area contributed by atoms with Crippen molar-refractivity contribution in [2.24, 2.45) is 0 Å². The summed E-state index contributed by atoms with van der Waals surface area (Å²) in [5.41, 5.74) is 5.86. The first-order valence-electron chi connectivity index (χ1n) is 14.5. The smallest absolute Gasteiger partial charge is 0.249 e. The summed E-state index contributed by atoms with van der Waals surface area (Å²) in [4.78, 5) is 32.3. The van der Waals surface area contributed by atoms with E-state index < -0.39 is 6.04 Å². The molecule has 6 rings (SSSR count). The largest absolute Gasteiger partial charge is 0.378 e. The molecule has 0 radical (unpaired) electrons. The predicted octanol–water partition coefficient (Wildman–Crippen LogP) is 4.67. The highest BCUT2D eigenvalue weighted by Gasteiger charge is 2.33. The molecule has 9 nitrogen and oxygen atoms in total. The Labute approximate surface area is 250 Å². The number of carbonyl (C=O) groups is 2. The number of aromatic nitrogens is 3. The van der Waals surface area contributed by atoms with Crippen LogP contribution in [0, 0.1) is 6.92 Å². The van der Waals surface area contributed by atoms with E-state index >= 15 is 0 Å². The van der Waals surface area contributed by atoms with Gasteiger partial charge in [-0.05, 0) is 54.4 Å². The predicted molar refractivity (Wildman–Crippen MR) is 167 cm³/mol. The second-order valence-electron chi connectivity index (χ2n) is 10.6. The summed E-state index contributed by atoms with van der Waals surface area (Å²) >= 11 is 0. The molecule has 2 heterocycles. The third kappa shape index (κ3) is 6.42. The first-order valence-corrected chi connectivity index (χ1v) is 14.5. The molecule has 1 aliphatic rings. The normalized spacial score (nSPS) is 13.9. The van der Waals surface area contributed by atoms with Crippen molar-refractivity contribution in [2.45, 2.75) is 26.1 Å². The average Bonchev–Trinajstić information content (AvgIpc) is 3.46. The number of aryl methyl sites for hydroxylation is 1. The number of nitrogens with one attached hydrogen (secondary N) is 1. The van der Waals surface area contributed by atoms with Gasteiger partial charge in [0.2, 0.25) is 11.8 Å². The Morgan fingerprint density at radius 2 is 1.58 bits per heavy atom. The van der Waals surface area contributed by atoms with Crippen LogP contribution < -0.4 is 15.1 Å². The van der Waals surface area contributed by atoms with Crippen LogP contribution >= 0.6 is 0 Å². The maximum atomic E-state index is 14.3. The quantitative estimate of drug-likeness (QED) is 0.275. The summed E-state index contributed by atoms with van der Waals surface area (Å²) in [5.74, 6) is -0.558. The van der Waals surface area contributed by atoms with E-state index in [4.69, 9.17) is 4.74 Å². The van der Waals surface area contributed by atoms with Crippen LogP contribution in [0.5, 0.6) is 0 Å². The molecule has 1 aliphatic heterocycles. The number of carbonyl (C=O) groups excluding carboxylic acids is 2. The molecule has 0 saturated carbocycles. The number of morpholine rings is 1. The fourth-order valence-corrected chi connectivity index (χ4v) is 5.37. The third-order valence-corrected chi connectivity index (χ3v) is 7.69. The maximum absolute atomic E-state index is 14.3. The van der Waals surface area contributed by atoms with E-state index in [1.54, 1.807) is 9.58 Å². The van der Waals surface area contributed by atoms with Gasteiger partial charge in [-0.2, -0.15) is 0 Å². The van der Waals surface area contributed by atoms with Crippen molar-refractivity contribution in [1.82, 2.24) is 20.3 Å². The minimum atomic E-state index is -0.924. The van der Waals surface area contributed by atoms with E-state index in [-0.39, 0.29) is 18.4 Å². The van der Waals surface area contributed by atoms with Gasteiger partial charge < -0.3 is 15.0 Å². The van der Waals surface area contributed by atoms with Crippen LogP contribution in [0.25, 0.3) is 11.0 Å². The monoisotopic (exact) mass is 574 g/mol. The van der Waals surface area contributed by atoms with Crippen molar-refractivity contribution in [3.05, 3.63) is 120 Å². The van der Waals surface area contributed by atoms with Crippen molar-refractivity contribution in [2.75, 3.05) is 36.1 Å². The first kappa shape index (κ1) is 28.1. The van der Waals surface area contributed by atoms with E-state index in [2.05, 4.69) is 20.5 Å². The minimum absolute atomic E-state index is 0.0806. The van der Waals surface area contributed by atoms with Gasteiger partial charge in [-0.25, -0.2) is 4.68 Å². The van der Waals surface area contributed by atoms with E-state index in [0.717, 1.165) is 35.4 Å². The number of fused-ring (bicyclic) bond motifs is 1. The van der Waals surface area contributed by atoms with Gasteiger partial charge in [0.25, 0.3) is 0 Å². The second-order valence-corrected chi connectivity index (χ2v) is 10.6. The molecular formula is C34H34N6O3. The molecule has 1 N–H and O–H groups in total. The fourth-order valence-electron chi connectivity index (χ4n) is 5.37. The number of rotatable bonds is 9. The van der Waals surface area contributed by atoms with Crippen molar-refractivity contribution < 1.29 is 14.3 Å². The molecule has 5 aromatic rings. The Hall–Kier alpha value is -5.02. The molecule has 1 unspecified atom stereocenters. The lowest BCUT2D eigenvalue weighted by Crippen LogP contribution is -2.45. The zero-order valence-electron chi connectivity index (χ0n) is 24.1. The number of nitrogens with zero attached hydrogens (tertiary/aromatic N) is 5. The molecule has 43 heavy (non-hydrogen) atoms. The summed E-state index contributed by atoms with van der Waals surface area (Å²) < 4.78 is 7.10. The molecule has 1 fully saturated rings. The summed E-state index contributed by atoms with van der Waals surface area (Å²) in [6, 6.07) is 31.9. The number of benzene rings is 4. The Kier molecular flexibility index (Phi) is 8.42. The molecule has 1 atom stereocenters. The average molecular weight is 575 g/mol. The van der Waals surface area contributed by atoms with Gasteiger partial charge >= 0.3 is 0 Å². The van der Waals surface area contributed by atoms with Crippen molar-refractivity contribution in [3.63, 3.8) is 0 Å². The van der Waals surface area contributed by atoms with E-state index in [1.807, 2.05) is 110 Å². The van der Waals surface area contributed by atoms with Gasteiger partial charge in [-0.1, -0.05) is 77.5 Å². The van der Waals surface area contributed by atoms with Crippen LogP contribution in [-0.2, 0) is 27.4 Å². The molecule has 0 spiro atoms. The minimum Gasteiger partial charge on any atom is -0.378 e. The van der Waals surface area contributed by atoms with Crippen molar-refractivity contribution in [3.8, 4) is 0 Å². The van der Waals surface area contributed by atoms with Gasteiger partial charge in [-0.3, -0.25) is 14.5 Å². The number of hydrogen-bond donors (Lipinski definition) is 1. The lowest BCUT2D eigenvalue weighted by Gasteiger charge is -2.32. The topological polar surface area (TPSA) is 92.6 Å². The van der Waals surface area contributed by atoms with Gasteiger partial charge in [0.05, 0.1) is 18.7 Å². The Morgan fingerprint density at radius 3 is 2.33 bits per heavy atom. The van der Waals surface area contributed by atoms with Crippen LogP contribution in [0.2, 0.25) is 0 Å². The van der Waals surface area contributed by atoms with Crippen LogP contribution in [0.1, 0.15) is 22.7 Å². The van der Waals surface area contributed by atoms with E-state index in [1.165, 1.54) is 0 Å². The lowest BCUT2D eigenvalue weighted by atomic mass is 10.0. The summed E-state index contributed by atoms with van der Waals surface area (Å²) in [7, 11) is 0. The Balaban J connectivity index is 1.38. The van der Waals surface area contributed by atoms with Crippen LogP contribution in [0.4, 0.5) is 11.4 Å². The van der Waals surface area contributed by atoms with E-state index in [0.29, 0.717) is 36.5 Å². The number of ether oxygens (including phenoxy) is 1. The highest BCUT2D eigenvalue weighted by Crippen LogP contribution is 2.31. The van der Waals surface area contributed by atoms with Crippen molar-refractivity contribution in [1.29, 1.82) is 0 Å². The molecule has 0 aliphatic carbocycles. The van der Waals surface area contributed by atoms with Gasteiger partial charge in [0.15, 0.2) is 0 Å². The zero-order valence-corrected chi connectivity index (χ0v) is 24.1. The first-order chi connectivity index (χ1) is 21.1. The van der Waals surface area contributed by atoms with Crippen molar-refractivity contribution >= 4 is 34.2 Å². The van der Waals surface area contributed by atoms with Gasteiger partial charge in [0, 0.05) is 31.0 Å². The molecule has 9 heteroatoms. The van der Waals surface area contributed by atoms with Gasteiger partial charge in [-0.15, -0.1) is 5.10 Å². The molecular weight excluding hydrogens is 540 g/mol. The number of hydrogen-bond acceptors (Lipinski definition) is 6. The van der Waals surface area contributed by atoms with Crippen LogP contribution in [0.15, 0.2) is 103 Å². The highest BCUT2D eigenvalue weighted by atomic mass is 16.5. The van der Waals surface area contributed by atoms with Crippen LogP contribution in [-0.4, -0.2) is 53.1 Å². The molecule has 4 aromatic carbocycles. The van der Waals surface area contributed by atoms with Gasteiger partial charge in [0.1, 0.15) is 18.1 Å². The summed E-state index contributed by atoms with van der Waals surface area (Å²) in [6.45, 7) is 5.22. The summed E-state index contributed by atoms with van der Waals surface area (Å²) in [6.07, 6.45) is 0. The van der Waals surface area contributed by atoms with Crippen LogP contribution in [0.3, 0.4) is 0 Å². The Bertz CT molecular complexity index is 1680. The molecule has 1 aromatic heterocycles. The second kappa shape index (κ2) is 12.9. The Morgan fingerprint density at radius 1 is 0.884 bits per heavy atom. The fraction of sp³-hybridized carbons (Fsp3) is 0.235. The lowest BCUT2D eigenvalue weighted by molar-refractivity contribution is -0.127. The SMILES string of the molecule is Cc1ccc(N(C(=O)Cn2nnc3ccccc32)C(C(=O)NCc2ccccc2)c2ccc(N3CCOCC3)cc2)cc1. The van der Waals surface area contributed by atoms with E-state index in [9.17, 15) is 9.59 Å². The molecule has 218 valence electrons. The highest BCUT2D eigenvalue weighted by molar-refractivity contribution is 6.01. The molecule has 0 bridgehead atoms. The standard InChI is InChI=1S/C34H34N6O3/c1-25-11-15-29(16-12-25)40(32(41)24-39-31-10-6-5-9-30(31)36-37-39)33(34(42)35-23-26-7-3-2-4-8-26)27-13-17-28(18-14-27)38-19-21-43-22-20-38/h2-18,33H,19-24H2,1H3,(H,35,42).